The van der Waals surface area contributed by atoms with Crippen molar-refractivity contribution in [2.45, 2.75) is 38.1 Å². The SMILES string of the molecule is CC1CCCC(CBr)(NC(=O)c2c(O)cccc2O)C1. The second kappa shape index (κ2) is 6.04. The number of nitrogens with one attached hydrogen (secondary N) is 1. The molecular formula is C15H20BrNO3. The molecule has 4 nitrogen and oxygen atoms in total. The molecule has 0 spiro atoms. The van der Waals surface area contributed by atoms with Crippen LogP contribution in [0.1, 0.15) is 43.0 Å². The Labute approximate surface area is 127 Å². The Bertz CT molecular complexity index is 486. The molecule has 1 saturated carbocycles. The van der Waals surface area contributed by atoms with Crippen molar-refractivity contribution in [3.8, 4) is 11.5 Å². The van der Waals surface area contributed by atoms with Gasteiger partial charge in [0.15, 0.2) is 0 Å². The van der Waals surface area contributed by atoms with Crippen LogP contribution in [0.15, 0.2) is 18.2 Å². The number of phenols is 2. The van der Waals surface area contributed by atoms with Gasteiger partial charge in [0.05, 0.1) is 5.54 Å². The molecule has 20 heavy (non-hydrogen) atoms. The lowest BCUT2D eigenvalue weighted by Gasteiger charge is -2.39. The largest absolute Gasteiger partial charge is 0.507 e. The molecule has 1 aliphatic carbocycles. The third-order valence-corrected chi connectivity index (χ3v) is 5.05. The second-order valence-electron chi connectivity index (χ2n) is 5.74. The summed E-state index contributed by atoms with van der Waals surface area (Å²) in [7, 11) is 0. The van der Waals surface area contributed by atoms with E-state index < -0.39 is 5.91 Å². The smallest absolute Gasteiger partial charge is 0.259 e. The minimum Gasteiger partial charge on any atom is -0.507 e. The number of amides is 1. The van der Waals surface area contributed by atoms with Crippen LogP contribution in [0.2, 0.25) is 0 Å². The molecule has 0 saturated heterocycles. The molecular weight excluding hydrogens is 322 g/mol. The first-order valence-electron chi connectivity index (χ1n) is 6.87. The van der Waals surface area contributed by atoms with Gasteiger partial charge in [-0.25, -0.2) is 0 Å². The average Bonchev–Trinajstić information content (AvgIpc) is 2.38. The lowest BCUT2D eigenvalue weighted by Crippen LogP contribution is -2.52. The Kier molecular flexibility index (Phi) is 4.58. The maximum atomic E-state index is 12.4. The van der Waals surface area contributed by atoms with E-state index in [0.717, 1.165) is 19.3 Å². The van der Waals surface area contributed by atoms with Crippen LogP contribution >= 0.6 is 15.9 Å². The van der Waals surface area contributed by atoms with Crippen LogP contribution in [-0.2, 0) is 0 Å². The first-order chi connectivity index (χ1) is 9.47. The summed E-state index contributed by atoms with van der Waals surface area (Å²) in [4.78, 5) is 12.4. The Morgan fingerprint density at radius 1 is 1.45 bits per heavy atom. The van der Waals surface area contributed by atoms with Gasteiger partial charge >= 0.3 is 0 Å². The van der Waals surface area contributed by atoms with Gasteiger partial charge in [-0.3, -0.25) is 4.79 Å². The summed E-state index contributed by atoms with van der Waals surface area (Å²) in [5.41, 5.74) is -0.352. The number of aromatic hydroxyl groups is 2. The van der Waals surface area contributed by atoms with Gasteiger partial charge in [-0.1, -0.05) is 41.8 Å². The topological polar surface area (TPSA) is 69.6 Å². The van der Waals surface area contributed by atoms with Crippen molar-refractivity contribution in [1.82, 2.24) is 5.32 Å². The Balaban J connectivity index is 2.21. The molecule has 3 N–H and O–H groups in total. The fraction of sp³-hybridized carbons (Fsp3) is 0.533. The number of hydrogen-bond donors (Lipinski definition) is 3. The van der Waals surface area contributed by atoms with Crippen LogP contribution in [0, 0.1) is 5.92 Å². The highest BCUT2D eigenvalue weighted by molar-refractivity contribution is 9.09. The fourth-order valence-corrected chi connectivity index (χ4v) is 3.64. The molecule has 110 valence electrons. The molecule has 2 unspecified atom stereocenters. The second-order valence-corrected chi connectivity index (χ2v) is 6.30. The number of rotatable bonds is 3. The summed E-state index contributed by atoms with van der Waals surface area (Å²) in [5.74, 6) is -0.263. The first-order valence-corrected chi connectivity index (χ1v) is 7.99. The molecule has 5 heteroatoms. The Hall–Kier alpha value is -1.23. The molecule has 0 radical (unpaired) electrons. The van der Waals surface area contributed by atoms with Crippen molar-refractivity contribution in [1.29, 1.82) is 0 Å². The molecule has 0 aliphatic heterocycles. The van der Waals surface area contributed by atoms with Gasteiger partial charge in [-0.2, -0.15) is 0 Å². The summed E-state index contributed by atoms with van der Waals surface area (Å²) in [6.45, 7) is 2.18. The zero-order chi connectivity index (χ0) is 14.8. The summed E-state index contributed by atoms with van der Waals surface area (Å²) >= 11 is 3.49. The van der Waals surface area contributed by atoms with E-state index in [-0.39, 0.29) is 22.6 Å². The third kappa shape index (κ3) is 3.08. The van der Waals surface area contributed by atoms with E-state index in [1.807, 2.05) is 0 Å². The fourth-order valence-electron chi connectivity index (χ4n) is 2.99. The number of hydrogen-bond acceptors (Lipinski definition) is 3. The zero-order valence-electron chi connectivity index (χ0n) is 11.5. The van der Waals surface area contributed by atoms with Gasteiger partial charge in [0.25, 0.3) is 5.91 Å². The maximum Gasteiger partial charge on any atom is 0.259 e. The summed E-state index contributed by atoms with van der Waals surface area (Å²) < 4.78 is 0. The minimum atomic E-state index is -0.422. The van der Waals surface area contributed by atoms with Crippen LogP contribution in [-0.4, -0.2) is 27.0 Å². The molecule has 1 amide bonds. The molecule has 0 heterocycles. The lowest BCUT2D eigenvalue weighted by atomic mass is 9.77. The lowest BCUT2D eigenvalue weighted by molar-refractivity contribution is 0.0864. The van der Waals surface area contributed by atoms with E-state index in [2.05, 4.69) is 28.2 Å². The van der Waals surface area contributed by atoms with E-state index >= 15 is 0 Å². The molecule has 1 fully saturated rings. The first kappa shape index (κ1) is 15.2. The highest BCUT2D eigenvalue weighted by Gasteiger charge is 2.36. The van der Waals surface area contributed by atoms with Crippen molar-refractivity contribution in [3.63, 3.8) is 0 Å². The summed E-state index contributed by atoms with van der Waals surface area (Å²) in [6, 6.07) is 4.31. The highest BCUT2D eigenvalue weighted by Crippen LogP contribution is 2.35. The molecule has 1 aromatic carbocycles. The number of benzene rings is 1. The van der Waals surface area contributed by atoms with Crippen LogP contribution in [0.4, 0.5) is 0 Å². The number of carbonyl (C=O) groups excluding carboxylic acids is 1. The number of halogens is 1. The Morgan fingerprint density at radius 2 is 2.10 bits per heavy atom. The molecule has 2 atom stereocenters. The molecule has 1 aromatic rings. The normalized spacial score (nSPS) is 26.2. The molecule has 0 bridgehead atoms. The summed E-state index contributed by atoms with van der Waals surface area (Å²) in [5, 5.41) is 23.2. The monoisotopic (exact) mass is 341 g/mol. The third-order valence-electron chi connectivity index (χ3n) is 3.97. The molecule has 1 aliphatic rings. The number of phenolic OH excluding ortho intramolecular Hbond substituents is 2. The van der Waals surface area contributed by atoms with Crippen LogP contribution < -0.4 is 5.32 Å². The van der Waals surface area contributed by atoms with Crippen molar-refractivity contribution in [3.05, 3.63) is 23.8 Å². The van der Waals surface area contributed by atoms with Crippen molar-refractivity contribution < 1.29 is 15.0 Å². The summed E-state index contributed by atoms with van der Waals surface area (Å²) in [6.07, 6.45) is 4.05. The van der Waals surface area contributed by atoms with Crippen LogP contribution in [0.3, 0.4) is 0 Å². The van der Waals surface area contributed by atoms with Crippen molar-refractivity contribution >= 4 is 21.8 Å². The van der Waals surface area contributed by atoms with Gasteiger partial charge in [0, 0.05) is 5.33 Å². The predicted octanol–water partition coefficient (Wildman–Crippen LogP) is 3.17. The van der Waals surface area contributed by atoms with Gasteiger partial charge < -0.3 is 15.5 Å². The van der Waals surface area contributed by atoms with E-state index in [1.54, 1.807) is 0 Å². The average molecular weight is 342 g/mol. The standard InChI is InChI=1S/C15H20BrNO3/c1-10-4-3-7-15(8-10,9-16)17-14(20)13-11(18)5-2-6-12(13)19/h2,5-6,10,18-19H,3-4,7-9H2,1H3,(H,17,20). The van der Waals surface area contributed by atoms with Gasteiger partial charge in [0.2, 0.25) is 0 Å². The van der Waals surface area contributed by atoms with Gasteiger partial charge in [0.1, 0.15) is 17.1 Å². The van der Waals surface area contributed by atoms with Crippen LogP contribution in [0.25, 0.3) is 0 Å². The Morgan fingerprint density at radius 3 is 2.65 bits per heavy atom. The van der Waals surface area contributed by atoms with E-state index in [9.17, 15) is 15.0 Å². The van der Waals surface area contributed by atoms with Gasteiger partial charge in [-0.15, -0.1) is 0 Å². The maximum absolute atomic E-state index is 12.4. The highest BCUT2D eigenvalue weighted by atomic mass is 79.9. The van der Waals surface area contributed by atoms with E-state index in [0.29, 0.717) is 11.2 Å². The quantitative estimate of drug-likeness (QED) is 0.739. The van der Waals surface area contributed by atoms with E-state index in [4.69, 9.17) is 0 Å². The zero-order valence-corrected chi connectivity index (χ0v) is 13.1. The van der Waals surface area contributed by atoms with Crippen molar-refractivity contribution in [2.75, 3.05) is 5.33 Å². The minimum absolute atomic E-state index is 0.0500. The predicted molar refractivity (Wildman–Crippen MR) is 81.4 cm³/mol. The number of carbonyl (C=O) groups is 1. The van der Waals surface area contributed by atoms with E-state index in [1.165, 1.54) is 24.6 Å². The van der Waals surface area contributed by atoms with Crippen LogP contribution in [0.5, 0.6) is 11.5 Å². The number of alkyl halides is 1. The van der Waals surface area contributed by atoms with Crippen molar-refractivity contribution in [2.24, 2.45) is 5.92 Å². The molecule has 0 aromatic heterocycles. The molecule has 2 rings (SSSR count). The van der Waals surface area contributed by atoms with Gasteiger partial charge in [-0.05, 0) is 30.9 Å².